The molecule has 0 bridgehead atoms. The minimum Gasteiger partial charge on any atom is -0.377 e. The van der Waals surface area contributed by atoms with E-state index in [-0.39, 0.29) is 24.0 Å². The standard InChI is InChI=1S/C15H23N3O2S/c1-10(2)17-15(19)12-7-18(9-14-16-4-6-21-14)8-13-11(12)3-5-20-13/h4,6,10-13H,3,5,7-9H2,1-2H3,(H,17,19)/t11-,12+,13+/m0/s1. The maximum Gasteiger partial charge on any atom is 0.224 e. The van der Waals surface area contributed by atoms with Crippen LogP contribution in [-0.4, -0.2) is 47.6 Å². The highest BCUT2D eigenvalue weighted by Gasteiger charge is 2.43. The molecular formula is C15H23N3O2S. The molecule has 0 unspecified atom stereocenters. The van der Waals surface area contributed by atoms with Gasteiger partial charge in [0.15, 0.2) is 0 Å². The second-order valence-electron chi connectivity index (χ2n) is 6.25. The Hall–Kier alpha value is -0.980. The number of hydrogen-bond acceptors (Lipinski definition) is 5. The lowest BCUT2D eigenvalue weighted by atomic mass is 9.82. The number of thiazole rings is 1. The quantitative estimate of drug-likeness (QED) is 0.916. The highest BCUT2D eigenvalue weighted by molar-refractivity contribution is 7.09. The van der Waals surface area contributed by atoms with Crippen LogP contribution in [0.15, 0.2) is 11.6 Å². The van der Waals surface area contributed by atoms with Crippen molar-refractivity contribution in [3.05, 3.63) is 16.6 Å². The van der Waals surface area contributed by atoms with Gasteiger partial charge in [-0.15, -0.1) is 11.3 Å². The number of ether oxygens (including phenoxy) is 1. The molecule has 116 valence electrons. The number of aromatic nitrogens is 1. The number of fused-ring (bicyclic) bond motifs is 1. The summed E-state index contributed by atoms with van der Waals surface area (Å²) in [7, 11) is 0. The summed E-state index contributed by atoms with van der Waals surface area (Å²) >= 11 is 1.67. The molecule has 0 saturated carbocycles. The van der Waals surface area contributed by atoms with Crippen molar-refractivity contribution in [2.24, 2.45) is 11.8 Å². The molecule has 3 heterocycles. The normalized spacial score (nSPS) is 29.6. The van der Waals surface area contributed by atoms with E-state index in [1.54, 1.807) is 11.3 Å². The van der Waals surface area contributed by atoms with Gasteiger partial charge in [-0.1, -0.05) is 0 Å². The lowest BCUT2D eigenvalue weighted by Gasteiger charge is -2.39. The van der Waals surface area contributed by atoms with Crippen molar-refractivity contribution < 1.29 is 9.53 Å². The van der Waals surface area contributed by atoms with Gasteiger partial charge in [0.1, 0.15) is 5.01 Å². The van der Waals surface area contributed by atoms with E-state index in [0.717, 1.165) is 37.7 Å². The highest BCUT2D eigenvalue weighted by Crippen LogP contribution is 2.34. The number of amides is 1. The van der Waals surface area contributed by atoms with Gasteiger partial charge < -0.3 is 10.1 Å². The number of likely N-dealkylation sites (tertiary alicyclic amines) is 1. The SMILES string of the molecule is CC(C)NC(=O)[C@@H]1CN(Cc2nccs2)C[C@H]2OCC[C@H]21. The number of nitrogens with zero attached hydrogens (tertiary/aromatic N) is 2. The summed E-state index contributed by atoms with van der Waals surface area (Å²) in [6, 6.07) is 0.188. The van der Waals surface area contributed by atoms with Crippen molar-refractivity contribution >= 4 is 17.2 Å². The van der Waals surface area contributed by atoms with Crippen molar-refractivity contribution in [1.82, 2.24) is 15.2 Å². The fourth-order valence-corrected chi connectivity index (χ4v) is 4.03. The molecule has 1 N–H and O–H groups in total. The van der Waals surface area contributed by atoms with Crippen LogP contribution in [0.25, 0.3) is 0 Å². The fraction of sp³-hybridized carbons (Fsp3) is 0.733. The molecule has 2 aliphatic rings. The molecule has 21 heavy (non-hydrogen) atoms. The third kappa shape index (κ3) is 3.44. The molecule has 2 saturated heterocycles. The van der Waals surface area contributed by atoms with Crippen LogP contribution in [0.3, 0.4) is 0 Å². The Balaban J connectivity index is 1.69. The maximum absolute atomic E-state index is 12.5. The van der Waals surface area contributed by atoms with Crippen LogP contribution in [0.2, 0.25) is 0 Å². The molecule has 2 fully saturated rings. The lowest BCUT2D eigenvalue weighted by molar-refractivity contribution is -0.131. The molecule has 0 spiro atoms. The summed E-state index contributed by atoms with van der Waals surface area (Å²) in [4.78, 5) is 19.2. The van der Waals surface area contributed by atoms with Gasteiger partial charge in [-0.2, -0.15) is 0 Å². The summed E-state index contributed by atoms with van der Waals surface area (Å²) in [6.45, 7) is 7.34. The van der Waals surface area contributed by atoms with E-state index in [9.17, 15) is 4.79 Å². The number of rotatable bonds is 4. The van der Waals surface area contributed by atoms with Gasteiger partial charge in [0.25, 0.3) is 0 Å². The lowest BCUT2D eigenvalue weighted by Crippen LogP contribution is -2.53. The van der Waals surface area contributed by atoms with Crippen molar-refractivity contribution in [3.63, 3.8) is 0 Å². The van der Waals surface area contributed by atoms with Crippen LogP contribution in [-0.2, 0) is 16.1 Å². The van der Waals surface area contributed by atoms with E-state index in [1.807, 2.05) is 25.4 Å². The van der Waals surface area contributed by atoms with Gasteiger partial charge in [0, 0.05) is 43.2 Å². The first-order valence-corrected chi connectivity index (χ1v) is 8.54. The van der Waals surface area contributed by atoms with Crippen LogP contribution in [0.5, 0.6) is 0 Å². The summed E-state index contributed by atoms with van der Waals surface area (Å²) in [5, 5.41) is 6.17. The minimum absolute atomic E-state index is 0.0358. The summed E-state index contributed by atoms with van der Waals surface area (Å²) in [5.41, 5.74) is 0. The van der Waals surface area contributed by atoms with Gasteiger partial charge in [0.05, 0.1) is 18.6 Å². The average Bonchev–Trinajstić information content (AvgIpc) is 3.07. The van der Waals surface area contributed by atoms with Crippen molar-refractivity contribution in [1.29, 1.82) is 0 Å². The first-order chi connectivity index (χ1) is 10.1. The van der Waals surface area contributed by atoms with Gasteiger partial charge in [-0.25, -0.2) is 4.98 Å². The van der Waals surface area contributed by atoms with E-state index in [0.29, 0.717) is 5.92 Å². The Kier molecular flexibility index (Phi) is 4.57. The Morgan fingerprint density at radius 1 is 1.57 bits per heavy atom. The van der Waals surface area contributed by atoms with E-state index < -0.39 is 0 Å². The van der Waals surface area contributed by atoms with Crippen molar-refractivity contribution in [2.75, 3.05) is 19.7 Å². The average molecular weight is 309 g/mol. The largest absolute Gasteiger partial charge is 0.377 e. The molecule has 3 rings (SSSR count). The number of piperidine rings is 1. The fourth-order valence-electron chi connectivity index (χ4n) is 3.38. The predicted octanol–water partition coefficient (Wildman–Crippen LogP) is 1.50. The Bertz CT molecular complexity index is 477. The maximum atomic E-state index is 12.5. The third-order valence-electron chi connectivity index (χ3n) is 4.28. The van der Waals surface area contributed by atoms with E-state index in [1.165, 1.54) is 0 Å². The van der Waals surface area contributed by atoms with Crippen LogP contribution in [0, 0.1) is 11.8 Å². The summed E-state index contributed by atoms with van der Waals surface area (Å²) < 4.78 is 5.85. The van der Waals surface area contributed by atoms with Crippen LogP contribution >= 0.6 is 11.3 Å². The zero-order valence-electron chi connectivity index (χ0n) is 12.6. The van der Waals surface area contributed by atoms with Crippen molar-refractivity contribution in [2.45, 2.75) is 39.0 Å². The Morgan fingerprint density at radius 3 is 3.14 bits per heavy atom. The Morgan fingerprint density at radius 2 is 2.43 bits per heavy atom. The zero-order valence-corrected chi connectivity index (χ0v) is 13.4. The monoisotopic (exact) mass is 309 g/mol. The van der Waals surface area contributed by atoms with Crippen LogP contribution in [0.1, 0.15) is 25.3 Å². The van der Waals surface area contributed by atoms with E-state index >= 15 is 0 Å². The molecule has 5 nitrogen and oxygen atoms in total. The molecule has 2 aliphatic heterocycles. The molecule has 1 aromatic heterocycles. The molecule has 0 aliphatic carbocycles. The molecule has 6 heteroatoms. The first kappa shape index (κ1) is 14.9. The second-order valence-corrected chi connectivity index (χ2v) is 7.23. The molecule has 0 radical (unpaired) electrons. The van der Waals surface area contributed by atoms with Gasteiger partial charge in [-0.05, 0) is 20.3 Å². The molecule has 3 atom stereocenters. The summed E-state index contributed by atoms with van der Waals surface area (Å²) in [5.74, 6) is 0.583. The van der Waals surface area contributed by atoms with Crippen LogP contribution < -0.4 is 5.32 Å². The molecular weight excluding hydrogens is 286 g/mol. The number of hydrogen-bond donors (Lipinski definition) is 1. The summed E-state index contributed by atoms with van der Waals surface area (Å²) in [6.07, 6.45) is 3.04. The van der Waals surface area contributed by atoms with E-state index in [4.69, 9.17) is 4.74 Å². The first-order valence-electron chi connectivity index (χ1n) is 7.66. The highest BCUT2D eigenvalue weighted by atomic mass is 32.1. The minimum atomic E-state index is 0.0358. The molecule has 1 aromatic rings. The van der Waals surface area contributed by atoms with Gasteiger partial charge in [-0.3, -0.25) is 9.69 Å². The third-order valence-corrected chi connectivity index (χ3v) is 5.04. The number of nitrogens with one attached hydrogen (secondary N) is 1. The number of carbonyl (C=O) groups excluding carboxylic acids is 1. The van der Waals surface area contributed by atoms with E-state index in [2.05, 4.69) is 15.2 Å². The Labute approximate surface area is 129 Å². The molecule has 0 aromatic carbocycles. The van der Waals surface area contributed by atoms with Gasteiger partial charge in [0.2, 0.25) is 5.91 Å². The van der Waals surface area contributed by atoms with Gasteiger partial charge >= 0.3 is 0 Å². The molecule has 1 amide bonds. The van der Waals surface area contributed by atoms with Crippen molar-refractivity contribution in [3.8, 4) is 0 Å². The smallest absolute Gasteiger partial charge is 0.224 e. The predicted molar refractivity (Wildman–Crippen MR) is 82.0 cm³/mol. The number of carbonyl (C=O) groups is 1. The zero-order chi connectivity index (χ0) is 14.8. The topological polar surface area (TPSA) is 54.5 Å². The van der Waals surface area contributed by atoms with Crippen LogP contribution in [0.4, 0.5) is 0 Å². The second kappa shape index (κ2) is 6.42.